The first-order valence-corrected chi connectivity index (χ1v) is 8.40. The minimum Gasteiger partial charge on any atom is -0.311 e. The molecule has 0 aliphatic carbocycles. The molecule has 0 spiro atoms. The number of hydrogen-bond donors (Lipinski definition) is 1. The molecule has 0 aromatic carbocycles. The van der Waals surface area contributed by atoms with Crippen LogP contribution in [0.3, 0.4) is 0 Å². The van der Waals surface area contributed by atoms with E-state index in [1.807, 2.05) is 0 Å². The molecule has 4 heterocycles. The molecule has 4 saturated heterocycles. The lowest BCUT2D eigenvalue weighted by atomic mass is 9.93. The maximum absolute atomic E-state index is 4.05. The van der Waals surface area contributed by atoms with Gasteiger partial charge in [-0.3, -0.25) is 0 Å². The molecular weight excluding hydrogens is 234 g/mol. The van der Waals surface area contributed by atoms with Crippen molar-refractivity contribution in [2.45, 2.75) is 87.6 Å². The molecular formula is C16H29N3. The second-order valence-corrected chi connectivity index (χ2v) is 7.60. The number of nitrogens with one attached hydrogen (secondary N) is 1. The molecule has 19 heavy (non-hydrogen) atoms. The normalized spacial score (nSPS) is 50.8. The third-order valence-corrected chi connectivity index (χ3v) is 6.67. The van der Waals surface area contributed by atoms with Crippen LogP contribution < -0.4 is 5.32 Å². The summed E-state index contributed by atoms with van der Waals surface area (Å²) in [5.41, 5.74) is 0. The summed E-state index contributed by atoms with van der Waals surface area (Å²) < 4.78 is 0. The zero-order chi connectivity index (χ0) is 13.0. The van der Waals surface area contributed by atoms with Crippen molar-refractivity contribution >= 4 is 0 Å². The highest BCUT2D eigenvalue weighted by molar-refractivity contribution is 5.00. The quantitative estimate of drug-likeness (QED) is 0.820. The average molecular weight is 263 g/mol. The van der Waals surface area contributed by atoms with Gasteiger partial charge in [-0.2, -0.15) is 0 Å². The van der Waals surface area contributed by atoms with Crippen molar-refractivity contribution in [1.29, 1.82) is 0 Å². The van der Waals surface area contributed by atoms with E-state index in [-0.39, 0.29) is 0 Å². The number of hydrogen-bond acceptors (Lipinski definition) is 3. The van der Waals surface area contributed by atoms with Gasteiger partial charge in [-0.05, 0) is 65.5 Å². The fourth-order valence-electron chi connectivity index (χ4n) is 5.43. The van der Waals surface area contributed by atoms with Crippen LogP contribution >= 0.6 is 0 Å². The third-order valence-electron chi connectivity index (χ3n) is 6.67. The highest BCUT2D eigenvalue weighted by atomic mass is 15.2. The van der Waals surface area contributed by atoms with Crippen molar-refractivity contribution in [3.63, 3.8) is 0 Å². The molecule has 3 heteroatoms. The maximum Gasteiger partial charge on any atom is 0.0111 e. The summed E-state index contributed by atoms with van der Waals surface area (Å²) >= 11 is 0. The average Bonchev–Trinajstić information content (AvgIpc) is 2.77. The van der Waals surface area contributed by atoms with Crippen LogP contribution in [0.5, 0.6) is 0 Å². The minimum absolute atomic E-state index is 0.807. The Hall–Kier alpha value is -0.120. The molecule has 2 unspecified atom stereocenters. The standard InChI is InChI=1S/C16H29N3/c1-18-13-3-4-14(18)8-11(7-13)17-12-9-15-5-6-16(10-12)19(15)2/h11-17H,3-10H2,1-2H3/t11?,12?,13-,14+,15-,16+. The van der Waals surface area contributed by atoms with E-state index in [1.165, 1.54) is 51.4 Å². The Morgan fingerprint density at radius 3 is 1.26 bits per heavy atom. The zero-order valence-electron chi connectivity index (χ0n) is 12.5. The van der Waals surface area contributed by atoms with E-state index >= 15 is 0 Å². The highest BCUT2D eigenvalue weighted by Gasteiger charge is 2.42. The fraction of sp³-hybridized carbons (Fsp3) is 1.00. The number of rotatable bonds is 2. The summed E-state index contributed by atoms with van der Waals surface area (Å²) in [5, 5.41) is 4.05. The number of nitrogens with zero attached hydrogens (tertiary/aromatic N) is 2. The van der Waals surface area contributed by atoms with Gasteiger partial charge in [0.2, 0.25) is 0 Å². The van der Waals surface area contributed by atoms with Crippen LogP contribution in [-0.2, 0) is 0 Å². The molecule has 1 N–H and O–H groups in total. The van der Waals surface area contributed by atoms with E-state index in [2.05, 4.69) is 29.2 Å². The van der Waals surface area contributed by atoms with Gasteiger partial charge in [0.1, 0.15) is 0 Å². The Balaban J connectivity index is 1.36. The molecule has 0 aromatic rings. The van der Waals surface area contributed by atoms with E-state index < -0.39 is 0 Å². The largest absolute Gasteiger partial charge is 0.311 e. The molecule has 108 valence electrons. The van der Waals surface area contributed by atoms with E-state index in [9.17, 15) is 0 Å². The fourth-order valence-corrected chi connectivity index (χ4v) is 5.43. The van der Waals surface area contributed by atoms with Crippen molar-refractivity contribution in [2.24, 2.45) is 0 Å². The number of piperidine rings is 2. The van der Waals surface area contributed by atoms with Gasteiger partial charge in [0, 0.05) is 36.3 Å². The van der Waals surface area contributed by atoms with Crippen LogP contribution in [0.4, 0.5) is 0 Å². The molecule has 4 rings (SSSR count). The summed E-state index contributed by atoms with van der Waals surface area (Å²) in [6.45, 7) is 0. The predicted octanol–water partition coefficient (Wildman–Crippen LogP) is 1.83. The van der Waals surface area contributed by atoms with Gasteiger partial charge < -0.3 is 15.1 Å². The van der Waals surface area contributed by atoms with Gasteiger partial charge in [-0.25, -0.2) is 0 Å². The second kappa shape index (κ2) is 4.71. The van der Waals surface area contributed by atoms with Crippen molar-refractivity contribution in [3.8, 4) is 0 Å². The maximum atomic E-state index is 4.05. The predicted molar refractivity (Wildman–Crippen MR) is 78.3 cm³/mol. The van der Waals surface area contributed by atoms with Gasteiger partial charge in [-0.15, -0.1) is 0 Å². The Morgan fingerprint density at radius 1 is 0.632 bits per heavy atom. The first-order valence-electron chi connectivity index (χ1n) is 8.40. The summed E-state index contributed by atoms with van der Waals surface area (Å²) in [6.07, 6.45) is 11.4. The van der Waals surface area contributed by atoms with Crippen molar-refractivity contribution in [3.05, 3.63) is 0 Å². The smallest absolute Gasteiger partial charge is 0.0111 e. The molecule has 4 fully saturated rings. The Bertz CT molecular complexity index is 285. The molecule has 4 bridgehead atoms. The molecule has 0 amide bonds. The van der Waals surface area contributed by atoms with Crippen molar-refractivity contribution < 1.29 is 0 Å². The SMILES string of the molecule is CN1[C@@H]2CC[C@H]1CC(NC1C[C@H]3CC[C@@H](C1)N3C)C2. The summed E-state index contributed by atoms with van der Waals surface area (Å²) in [7, 11) is 4.68. The van der Waals surface area contributed by atoms with Crippen LogP contribution in [0.2, 0.25) is 0 Å². The van der Waals surface area contributed by atoms with Gasteiger partial charge >= 0.3 is 0 Å². The molecule has 0 radical (unpaired) electrons. The molecule has 4 aliphatic heterocycles. The Kier molecular flexibility index (Phi) is 3.13. The minimum atomic E-state index is 0.807. The van der Waals surface area contributed by atoms with Crippen LogP contribution in [0, 0.1) is 0 Å². The first kappa shape index (κ1) is 12.6. The zero-order valence-corrected chi connectivity index (χ0v) is 12.5. The lowest BCUT2D eigenvalue weighted by Gasteiger charge is -2.42. The molecule has 6 atom stereocenters. The van der Waals surface area contributed by atoms with Crippen molar-refractivity contribution in [2.75, 3.05) is 14.1 Å². The van der Waals surface area contributed by atoms with E-state index in [4.69, 9.17) is 0 Å². The van der Waals surface area contributed by atoms with Crippen molar-refractivity contribution in [1.82, 2.24) is 15.1 Å². The summed E-state index contributed by atoms with van der Waals surface area (Å²) in [4.78, 5) is 5.30. The summed E-state index contributed by atoms with van der Waals surface area (Å²) in [6, 6.07) is 5.11. The van der Waals surface area contributed by atoms with Gasteiger partial charge in [0.15, 0.2) is 0 Å². The highest BCUT2D eigenvalue weighted by Crippen LogP contribution is 2.37. The first-order chi connectivity index (χ1) is 9.20. The lowest BCUT2D eigenvalue weighted by Crippen LogP contribution is -2.53. The molecule has 4 aliphatic rings. The van der Waals surface area contributed by atoms with Gasteiger partial charge in [-0.1, -0.05) is 0 Å². The third kappa shape index (κ3) is 2.14. The van der Waals surface area contributed by atoms with Gasteiger partial charge in [0.05, 0.1) is 0 Å². The molecule has 0 saturated carbocycles. The van der Waals surface area contributed by atoms with Crippen LogP contribution in [0.25, 0.3) is 0 Å². The Morgan fingerprint density at radius 2 is 0.947 bits per heavy atom. The van der Waals surface area contributed by atoms with Gasteiger partial charge in [0.25, 0.3) is 0 Å². The van der Waals surface area contributed by atoms with Crippen LogP contribution in [0.15, 0.2) is 0 Å². The van der Waals surface area contributed by atoms with E-state index in [0.29, 0.717) is 0 Å². The topological polar surface area (TPSA) is 18.5 Å². The molecule has 3 nitrogen and oxygen atoms in total. The lowest BCUT2D eigenvalue weighted by molar-refractivity contribution is 0.111. The van der Waals surface area contributed by atoms with Crippen LogP contribution in [0.1, 0.15) is 51.4 Å². The van der Waals surface area contributed by atoms with Crippen LogP contribution in [-0.4, -0.2) is 60.1 Å². The van der Waals surface area contributed by atoms with E-state index in [0.717, 1.165) is 36.3 Å². The monoisotopic (exact) mass is 263 g/mol. The Labute approximate surface area is 117 Å². The number of fused-ring (bicyclic) bond motifs is 4. The van der Waals surface area contributed by atoms with E-state index in [1.54, 1.807) is 0 Å². The second-order valence-electron chi connectivity index (χ2n) is 7.60. The molecule has 0 aromatic heterocycles. The summed E-state index contributed by atoms with van der Waals surface area (Å²) in [5.74, 6) is 0.